The first-order valence-corrected chi connectivity index (χ1v) is 3.42. The molecule has 0 radical (unpaired) electrons. The van der Waals surface area contributed by atoms with Crippen molar-refractivity contribution in [1.82, 2.24) is 0 Å². The van der Waals surface area contributed by atoms with Crippen molar-refractivity contribution in [3.05, 3.63) is 11.1 Å². The van der Waals surface area contributed by atoms with Crippen LogP contribution in [-0.2, 0) is 4.79 Å². The van der Waals surface area contributed by atoms with Gasteiger partial charge in [-0.3, -0.25) is 0 Å². The van der Waals surface area contributed by atoms with Gasteiger partial charge in [-0.2, -0.15) is 0 Å². The average Bonchev–Trinajstić information content (AvgIpc) is 1.98. The van der Waals surface area contributed by atoms with Gasteiger partial charge in [-0.25, -0.2) is 4.79 Å². The molecule has 2 nitrogen and oxygen atoms in total. The fourth-order valence-electron chi connectivity index (χ4n) is 0.630. The van der Waals surface area contributed by atoms with Crippen molar-refractivity contribution >= 4 is 5.97 Å². The molecule has 0 saturated carbocycles. The van der Waals surface area contributed by atoms with E-state index in [4.69, 9.17) is 11.5 Å². The van der Waals surface area contributed by atoms with Gasteiger partial charge in [-0.05, 0) is 20.3 Å². The van der Waals surface area contributed by atoms with Crippen LogP contribution in [0.2, 0.25) is 0 Å². The lowest BCUT2D eigenvalue weighted by molar-refractivity contribution is -0.132. The number of rotatable bonds is 3. The highest BCUT2D eigenvalue weighted by Gasteiger charge is 2.03. The highest BCUT2D eigenvalue weighted by molar-refractivity contribution is 5.86. The van der Waals surface area contributed by atoms with Gasteiger partial charge in [0.25, 0.3) is 0 Å². The molecule has 60 valence electrons. The zero-order valence-electron chi connectivity index (χ0n) is 6.85. The van der Waals surface area contributed by atoms with E-state index in [0.717, 1.165) is 5.57 Å². The van der Waals surface area contributed by atoms with Crippen molar-refractivity contribution in [2.24, 2.45) is 0 Å². The molecule has 0 aliphatic rings. The number of carboxylic acids is 1. The van der Waals surface area contributed by atoms with Gasteiger partial charge < -0.3 is 5.11 Å². The Bertz CT molecular complexity index is 218. The van der Waals surface area contributed by atoms with Crippen LogP contribution < -0.4 is 0 Å². The van der Waals surface area contributed by atoms with E-state index >= 15 is 0 Å². The van der Waals surface area contributed by atoms with E-state index < -0.39 is 5.97 Å². The Morgan fingerprint density at radius 1 is 1.55 bits per heavy atom. The van der Waals surface area contributed by atoms with Crippen molar-refractivity contribution in [3.63, 3.8) is 0 Å². The van der Waals surface area contributed by atoms with Gasteiger partial charge in [0.2, 0.25) is 0 Å². The topological polar surface area (TPSA) is 37.3 Å². The lowest BCUT2D eigenvalue weighted by atomic mass is 10.1. The van der Waals surface area contributed by atoms with Gasteiger partial charge >= 0.3 is 5.97 Å². The normalized spacial score (nSPS) is 11.7. The summed E-state index contributed by atoms with van der Waals surface area (Å²) in [7, 11) is 0. The zero-order valence-corrected chi connectivity index (χ0v) is 6.85. The van der Waals surface area contributed by atoms with Crippen molar-refractivity contribution in [2.75, 3.05) is 0 Å². The monoisotopic (exact) mass is 152 g/mol. The summed E-state index contributed by atoms with van der Waals surface area (Å²) in [6, 6.07) is 0. The minimum absolute atomic E-state index is 0.403. The molecule has 0 aliphatic heterocycles. The second kappa shape index (κ2) is 4.56. The predicted octanol–water partition coefficient (Wildman–Crippen LogP) is 1.82. The molecule has 0 atom stereocenters. The Hall–Kier alpha value is -1.23. The maximum absolute atomic E-state index is 10.4. The molecule has 0 bridgehead atoms. The van der Waals surface area contributed by atoms with E-state index in [9.17, 15) is 4.79 Å². The minimum atomic E-state index is -0.862. The van der Waals surface area contributed by atoms with E-state index in [-0.39, 0.29) is 0 Å². The lowest BCUT2D eigenvalue weighted by Gasteiger charge is -1.99. The summed E-state index contributed by atoms with van der Waals surface area (Å²) in [4.78, 5) is 10.4. The van der Waals surface area contributed by atoms with Crippen molar-refractivity contribution in [3.8, 4) is 12.3 Å². The fraction of sp³-hybridized carbons (Fsp3) is 0.444. The fourth-order valence-corrected chi connectivity index (χ4v) is 0.630. The third-order valence-electron chi connectivity index (χ3n) is 1.61. The molecule has 0 saturated heterocycles. The number of hydrogen-bond acceptors (Lipinski definition) is 1. The van der Waals surface area contributed by atoms with Gasteiger partial charge in [0, 0.05) is 12.0 Å². The summed E-state index contributed by atoms with van der Waals surface area (Å²) < 4.78 is 0. The molecule has 0 rings (SSSR count). The molecular formula is C9H12O2. The van der Waals surface area contributed by atoms with Crippen LogP contribution in [0.1, 0.15) is 26.7 Å². The lowest BCUT2D eigenvalue weighted by Crippen LogP contribution is -1.99. The molecule has 11 heavy (non-hydrogen) atoms. The summed E-state index contributed by atoms with van der Waals surface area (Å²) in [5.74, 6) is 1.60. The van der Waals surface area contributed by atoms with Crippen molar-refractivity contribution < 1.29 is 9.90 Å². The van der Waals surface area contributed by atoms with Gasteiger partial charge in [0.15, 0.2) is 0 Å². The van der Waals surface area contributed by atoms with E-state index in [1.807, 2.05) is 0 Å². The van der Waals surface area contributed by atoms with Crippen LogP contribution in [0.15, 0.2) is 11.1 Å². The highest BCUT2D eigenvalue weighted by Crippen LogP contribution is 2.09. The molecular weight excluding hydrogens is 140 g/mol. The molecule has 2 heteroatoms. The summed E-state index contributed by atoms with van der Waals surface area (Å²) in [6.07, 6.45) is 6.32. The Morgan fingerprint density at radius 3 is 2.45 bits per heavy atom. The molecule has 0 heterocycles. The summed E-state index contributed by atoms with van der Waals surface area (Å²) in [6.45, 7) is 3.38. The first-order valence-electron chi connectivity index (χ1n) is 3.42. The predicted molar refractivity (Wildman–Crippen MR) is 44.1 cm³/mol. The maximum Gasteiger partial charge on any atom is 0.331 e. The smallest absolute Gasteiger partial charge is 0.331 e. The number of aliphatic carboxylic acids is 1. The molecule has 0 fully saturated rings. The second-order valence-corrected chi connectivity index (χ2v) is 2.41. The number of allylic oxidation sites excluding steroid dienone is 1. The van der Waals surface area contributed by atoms with E-state index in [1.165, 1.54) is 0 Å². The molecule has 0 aliphatic carbocycles. The Morgan fingerprint density at radius 2 is 2.09 bits per heavy atom. The van der Waals surface area contributed by atoms with Crippen LogP contribution in [-0.4, -0.2) is 11.1 Å². The molecule has 0 unspecified atom stereocenters. The zero-order chi connectivity index (χ0) is 8.85. The van der Waals surface area contributed by atoms with Gasteiger partial charge in [-0.15, -0.1) is 12.3 Å². The SMILES string of the molecule is C#CCC/C(C)=C(/C)C(=O)O. The Balaban J connectivity index is 4.19. The van der Waals surface area contributed by atoms with Crippen LogP contribution in [0.4, 0.5) is 0 Å². The number of carbonyl (C=O) groups is 1. The number of terminal acetylenes is 1. The third-order valence-corrected chi connectivity index (χ3v) is 1.61. The molecule has 0 amide bonds. The van der Waals surface area contributed by atoms with Crippen molar-refractivity contribution in [1.29, 1.82) is 0 Å². The van der Waals surface area contributed by atoms with E-state index in [0.29, 0.717) is 18.4 Å². The van der Waals surface area contributed by atoms with E-state index in [1.54, 1.807) is 13.8 Å². The van der Waals surface area contributed by atoms with Crippen LogP contribution in [0, 0.1) is 12.3 Å². The van der Waals surface area contributed by atoms with Gasteiger partial charge in [-0.1, -0.05) is 5.57 Å². The molecule has 0 aromatic heterocycles. The highest BCUT2D eigenvalue weighted by atomic mass is 16.4. The number of hydrogen-bond donors (Lipinski definition) is 1. The summed E-state index contributed by atoms with van der Waals surface area (Å²) in [5.41, 5.74) is 1.26. The maximum atomic E-state index is 10.4. The first-order chi connectivity index (χ1) is 5.09. The van der Waals surface area contributed by atoms with Crippen LogP contribution in [0.25, 0.3) is 0 Å². The van der Waals surface area contributed by atoms with Gasteiger partial charge in [0.05, 0.1) is 0 Å². The largest absolute Gasteiger partial charge is 0.478 e. The van der Waals surface area contributed by atoms with Crippen LogP contribution >= 0.6 is 0 Å². The third kappa shape index (κ3) is 3.47. The Labute approximate surface area is 66.9 Å². The standard InChI is InChI=1S/C9H12O2/c1-4-5-6-7(2)8(3)9(10)11/h1H,5-6H2,2-3H3,(H,10,11)/b8-7-. The van der Waals surface area contributed by atoms with E-state index in [2.05, 4.69) is 5.92 Å². The Kier molecular flexibility index (Phi) is 4.05. The quantitative estimate of drug-likeness (QED) is 0.494. The number of carboxylic acid groups (broad SMARTS) is 1. The molecule has 0 aromatic carbocycles. The molecule has 0 spiro atoms. The average molecular weight is 152 g/mol. The second-order valence-electron chi connectivity index (χ2n) is 2.41. The van der Waals surface area contributed by atoms with Gasteiger partial charge in [0.1, 0.15) is 0 Å². The first kappa shape index (κ1) is 9.77. The minimum Gasteiger partial charge on any atom is -0.478 e. The van der Waals surface area contributed by atoms with Crippen LogP contribution in [0.3, 0.4) is 0 Å². The van der Waals surface area contributed by atoms with Crippen molar-refractivity contribution in [2.45, 2.75) is 26.7 Å². The summed E-state index contributed by atoms with van der Waals surface area (Å²) >= 11 is 0. The molecule has 1 N–H and O–H groups in total. The van der Waals surface area contributed by atoms with Crippen LogP contribution in [0.5, 0.6) is 0 Å². The molecule has 0 aromatic rings. The summed E-state index contributed by atoms with van der Waals surface area (Å²) in [5, 5.41) is 8.54.